The number of aromatic carboxylic acids is 1. The number of allylic oxidation sites excluding steroid dienone is 10. The summed E-state index contributed by atoms with van der Waals surface area (Å²) in [7, 11) is 0. The molecular formula is C33H45NO5. The normalized spacial score (nSPS) is 12.9. The summed E-state index contributed by atoms with van der Waals surface area (Å²) in [6, 6.07) is 5.12. The summed E-state index contributed by atoms with van der Waals surface area (Å²) in [5.41, 5.74) is -0.0995. The molecule has 1 aromatic carbocycles. The van der Waals surface area contributed by atoms with Crippen molar-refractivity contribution in [3.8, 4) is 5.75 Å². The maximum Gasteiger partial charge on any atom is 0.339 e. The van der Waals surface area contributed by atoms with E-state index in [9.17, 15) is 19.5 Å². The van der Waals surface area contributed by atoms with Crippen molar-refractivity contribution in [2.45, 2.75) is 84.6 Å². The van der Waals surface area contributed by atoms with Gasteiger partial charge in [0, 0.05) is 6.42 Å². The van der Waals surface area contributed by atoms with E-state index in [2.05, 4.69) is 73.0 Å². The monoisotopic (exact) mass is 535 g/mol. The number of esters is 1. The first kappa shape index (κ1) is 33.4. The van der Waals surface area contributed by atoms with E-state index >= 15 is 0 Å². The minimum absolute atomic E-state index is 0.0311. The van der Waals surface area contributed by atoms with Crippen molar-refractivity contribution in [2.24, 2.45) is 5.92 Å². The van der Waals surface area contributed by atoms with Gasteiger partial charge in [0.1, 0.15) is 17.4 Å². The number of rotatable bonds is 19. The molecule has 0 saturated carbocycles. The van der Waals surface area contributed by atoms with Gasteiger partial charge in [-0.2, -0.15) is 0 Å². The van der Waals surface area contributed by atoms with Crippen LogP contribution in [0.5, 0.6) is 5.75 Å². The summed E-state index contributed by atoms with van der Waals surface area (Å²) >= 11 is 0. The van der Waals surface area contributed by atoms with E-state index in [1.54, 1.807) is 12.1 Å². The molecule has 0 bridgehead atoms. The molecule has 2 N–H and O–H groups in total. The Bertz CT molecular complexity index is 1020. The SMILES string of the molecule is CCC=CCC=CCC=CCC=CCC=CCCCC(=O)NC(CC(C)C)C(=O)Oc1ccccc1C(=O)O. The summed E-state index contributed by atoms with van der Waals surface area (Å²) in [5, 5.41) is 12.1. The third-order valence-corrected chi connectivity index (χ3v) is 5.59. The molecule has 1 unspecified atom stereocenters. The molecule has 1 amide bonds. The number of benzene rings is 1. The standard InChI is InChI=1S/C33H45NO5/c1-4-5-6-7-8-9-10-11-12-13-14-15-16-17-18-19-20-25-31(35)34-29(26-27(2)3)33(38)39-30-24-22-21-23-28(30)32(36)37/h5-6,8-9,11-12,14-15,17-18,21-24,27,29H,4,7,10,13,16,19-20,25-26H2,1-3H3,(H,34,35)(H,36,37). The van der Waals surface area contributed by atoms with Gasteiger partial charge < -0.3 is 15.2 Å². The zero-order chi connectivity index (χ0) is 28.7. The lowest BCUT2D eigenvalue weighted by Gasteiger charge is -2.19. The van der Waals surface area contributed by atoms with E-state index in [1.165, 1.54) is 12.1 Å². The first-order chi connectivity index (χ1) is 18.8. The number of amides is 1. The van der Waals surface area contributed by atoms with Gasteiger partial charge in [0.25, 0.3) is 0 Å². The Hall–Kier alpha value is -3.67. The molecule has 0 aliphatic rings. The van der Waals surface area contributed by atoms with Crippen molar-refractivity contribution in [3.05, 3.63) is 90.6 Å². The van der Waals surface area contributed by atoms with Crippen molar-refractivity contribution in [1.29, 1.82) is 0 Å². The van der Waals surface area contributed by atoms with Gasteiger partial charge in [-0.3, -0.25) is 4.79 Å². The largest absolute Gasteiger partial charge is 0.478 e. The lowest BCUT2D eigenvalue weighted by Crippen LogP contribution is -2.43. The van der Waals surface area contributed by atoms with Crippen LogP contribution in [0.3, 0.4) is 0 Å². The van der Waals surface area contributed by atoms with Gasteiger partial charge in [0.15, 0.2) is 0 Å². The molecule has 39 heavy (non-hydrogen) atoms. The summed E-state index contributed by atoms with van der Waals surface area (Å²) in [6.45, 7) is 6.02. The molecule has 212 valence electrons. The van der Waals surface area contributed by atoms with Crippen LogP contribution in [-0.4, -0.2) is 29.0 Å². The zero-order valence-corrected chi connectivity index (χ0v) is 23.7. The Morgan fingerprint density at radius 1 is 0.846 bits per heavy atom. The number of carboxylic acids is 1. The molecule has 0 radical (unpaired) electrons. The molecule has 0 fully saturated rings. The maximum absolute atomic E-state index is 12.7. The van der Waals surface area contributed by atoms with Crippen LogP contribution in [0.1, 0.15) is 88.9 Å². The molecule has 1 rings (SSSR count). The number of hydrogen-bond donors (Lipinski definition) is 2. The quantitative estimate of drug-likeness (QED) is 0.0818. The topological polar surface area (TPSA) is 92.7 Å². The number of para-hydroxylation sites is 1. The fourth-order valence-corrected chi connectivity index (χ4v) is 3.61. The Morgan fingerprint density at radius 3 is 1.92 bits per heavy atom. The van der Waals surface area contributed by atoms with Crippen molar-refractivity contribution in [3.63, 3.8) is 0 Å². The first-order valence-corrected chi connectivity index (χ1v) is 13.9. The fourth-order valence-electron chi connectivity index (χ4n) is 3.61. The van der Waals surface area contributed by atoms with Gasteiger partial charge in [-0.05, 0) is 69.4 Å². The minimum Gasteiger partial charge on any atom is -0.478 e. The van der Waals surface area contributed by atoms with Crippen LogP contribution in [-0.2, 0) is 9.59 Å². The number of ether oxygens (including phenoxy) is 1. The average Bonchev–Trinajstić information content (AvgIpc) is 2.90. The molecule has 0 aromatic heterocycles. The minimum atomic E-state index is -1.18. The summed E-state index contributed by atoms with van der Waals surface area (Å²) in [5.74, 6) is -1.96. The lowest BCUT2D eigenvalue weighted by molar-refractivity contribution is -0.139. The number of carbonyl (C=O) groups excluding carboxylic acids is 2. The van der Waals surface area contributed by atoms with Crippen LogP contribution in [0, 0.1) is 5.92 Å². The van der Waals surface area contributed by atoms with Crippen LogP contribution in [0.25, 0.3) is 0 Å². The highest BCUT2D eigenvalue weighted by atomic mass is 16.5. The molecule has 0 saturated heterocycles. The predicted molar refractivity (Wildman–Crippen MR) is 159 cm³/mol. The van der Waals surface area contributed by atoms with Crippen LogP contribution >= 0.6 is 0 Å². The molecule has 6 heteroatoms. The number of carbonyl (C=O) groups is 3. The van der Waals surface area contributed by atoms with Crippen LogP contribution in [0.2, 0.25) is 0 Å². The number of carboxylic acid groups (broad SMARTS) is 1. The second-order valence-electron chi connectivity index (χ2n) is 9.57. The Kier molecular flexibility index (Phi) is 18.2. The molecule has 0 aliphatic heterocycles. The van der Waals surface area contributed by atoms with E-state index in [-0.39, 0.29) is 23.1 Å². The van der Waals surface area contributed by atoms with Crippen LogP contribution in [0.15, 0.2) is 85.0 Å². The zero-order valence-electron chi connectivity index (χ0n) is 23.7. The third-order valence-electron chi connectivity index (χ3n) is 5.59. The molecule has 6 nitrogen and oxygen atoms in total. The molecular weight excluding hydrogens is 490 g/mol. The van der Waals surface area contributed by atoms with Crippen molar-refractivity contribution >= 4 is 17.8 Å². The smallest absolute Gasteiger partial charge is 0.339 e. The average molecular weight is 536 g/mol. The van der Waals surface area contributed by atoms with Crippen molar-refractivity contribution in [1.82, 2.24) is 5.32 Å². The van der Waals surface area contributed by atoms with E-state index in [0.717, 1.165) is 38.5 Å². The van der Waals surface area contributed by atoms with Gasteiger partial charge >= 0.3 is 11.9 Å². The summed E-state index contributed by atoms with van der Waals surface area (Å²) in [6.07, 6.45) is 28.4. The van der Waals surface area contributed by atoms with Crippen molar-refractivity contribution in [2.75, 3.05) is 0 Å². The Morgan fingerprint density at radius 2 is 1.38 bits per heavy atom. The van der Waals surface area contributed by atoms with Gasteiger partial charge in [-0.25, -0.2) is 9.59 Å². The van der Waals surface area contributed by atoms with E-state index in [4.69, 9.17) is 4.74 Å². The van der Waals surface area contributed by atoms with E-state index < -0.39 is 18.0 Å². The Labute approximate surface area is 234 Å². The second kappa shape index (κ2) is 21.3. The number of nitrogens with one attached hydrogen (secondary N) is 1. The van der Waals surface area contributed by atoms with E-state index in [0.29, 0.717) is 19.3 Å². The Balaban J connectivity index is 2.33. The third kappa shape index (κ3) is 16.7. The highest BCUT2D eigenvalue weighted by molar-refractivity contribution is 5.93. The molecule has 1 atom stereocenters. The molecule has 0 spiro atoms. The lowest BCUT2D eigenvalue weighted by atomic mass is 10.0. The van der Waals surface area contributed by atoms with Crippen molar-refractivity contribution < 1.29 is 24.2 Å². The fraction of sp³-hybridized carbons (Fsp3) is 0.424. The summed E-state index contributed by atoms with van der Waals surface area (Å²) in [4.78, 5) is 36.6. The van der Waals surface area contributed by atoms with Crippen LogP contribution in [0.4, 0.5) is 0 Å². The highest BCUT2D eigenvalue weighted by Gasteiger charge is 2.25. The van der Waals surface area contributed by atoms with Gasteiger partial charge in [0.05, 0.1) is 0 Å². The van der Waals surface area contributed by atoms with Gasteiger partial charge in [0.2, 0.25) is 5.91 Å². The predicted octanol–water partition coefficient (Wildman–Crippen LogP) is 7.74. The van der Waals surface area contributed by atoms with Gasteiger partial charge in [-0.1, -0.05) is 93.7 Å². The second-order valence-corrected chi connectivity index (χ2v) is 9.57. The summed E-state index contributed by atoms with van der Waals surface area (Å²) < 4.78 is 5.35. The molecule has 0 aliphatic carbocycles. The van der Waals surface area contributed by atoms with E-state index in [1.807, 2.05) is 13.8 Å². The van der Waals surface area contributed by atoms with Gasteiger partial charge in [-0.15, -0.1) is 0 Å². The first-order valence-electron chi connectivity index (χ1n) is 13.9. The number of hydrogen-bond acceptors (Lipinski definition) is 4. The maximum atomic E-state index is 12.7. The molecule has 0 heterocycles. The highest BCUT2D eigenvalue weighted by Crippen LogP contribution is 2.19. The van der Waals surface area contributed by atoms with Crippen LogP contribution < -0.4 is 10.1 Å². The molecule has 1 aromatic rings. The number of unbranched alkanes of at least 4 members (excludes halogenated alkanes) is 1.